The normalized spacial score (nSPS) is 10.4. The van der Waals surface area contributed by atoms with E-state index in [-0.39, 0.29) is 17.9 Å². The second-order valence-electron chi connectivity index (χ2n) is 4.31. The number of aromatic carboxylic acids is 1. The first kappa shape index (κ1) is 14.8. The van der Waals surface area contributed by atoms with Gasteiger partial charge in [-0.2, -0.15) is 4.98 Å². The van der Waals surface area contributed by atoms with E-state index in [0.717, 1.165) is 12.8 Å². The number of carboxylic acid groups (broad SMARTS) is 1. The number of hydrogen-bond acceptors (Lipinski definition) is 6. The molecule has 0 aliphatic carbocycles. The van der Waals surface area contributed by atoms with E-state index in [1.807, 2.05) is 6.92 Å². The summed E-state index contributed by atoms with van der Waals surface area (Å²) < 4.78 is 15.5. The Morgan fingerprint density at radius 2 is 2.24 bits per heavy atom. The molecule has 0 aliphatic rings. The van der Waals surface area contributed by atoms with Crippen LogP contribution in [0.15, 0.2) is 22.7 Å². The molecule has 1 heterocycles. The maximum absolute atomic E-state index is 11.1. The topological polar surface area (TPSA) is 94.7 Å². The number of carbonyl (C=O) groups is 1. The summed E-state index contributed by atoms with van der Waals surface area (Å²) >= 11 is 0. The molecule has 1 N–H and O–H groups in total. The Labute approximate surface area is 121 Å². The SMILES string of the molecule is CCCc1noc(COc2cc(OC)ccc2C(=O)O)n1. The Morgan fingerprint density at radius 1 is 1.43 bits per heavy atom. The van der Waals surface area contributed by atoms with E-state index in [2.05, 4.69) is 10.1 Å². The predicted octanol–water partition coefficient (Wildman–Crippen LogP) is 2.31. The van der Waals surface area contributed by atoms with Crippen molar-refractivity contribution in [3.63, 3.8) is 0 Å². The first-order valence-corrected chi connectivity index (χ1v) is 6.49. The van der Waals surface area contributed by atoms with Crippen molar-refractivity contribution in [1.29, 1.82) is 0 Å². The smallest absolute Gasteiger partial charge is 0.339 e. The van der Waals surface area contributed by atoms with Crippen LogP contribution in [0.25, 0.3) is 0 Å². The fourth-order valence-electron chi connectivity index (χ4n) is 1.74. The second kappa shape index (κ2) is 6.74. The highest BCUT2D eigenvalue weighted by atomic mass is 16.5. The van der Waals surface area contributed by atoms with E-state index in [4.69, 9.17) is 19.1 Å². The number of rotatable bonds is 7. The van der Waals surface area contributed by atoms with Gasteiger partial charge in [0.25, 0.3) is 5.89 Å². The molecule has 0 radical (unpaired) electrons. The molecule has 0 atom stereocenters. The quantitative estimate of drug-likeness (QED) is 0.836. The summed E-state index contributed by atoms with van der Waals surface area (Å²) in [4.78, 5) is 15.3. The van der Waals surface area contributed by atoms with Crippen LogP contribution < -0.4 is 9.47 Å². The van der Waals surface area contributed by atoms with Crippen LogP contribution in [0.2, 0.25) is 0 Å². The van der Waals surface area contributed by atoms with Gasteiger partial charge in [0.2, 0.25) is 0 Å². The van der Waals surface area contributed by atoms with Gasteiger partial charge < -0.3 is 19.1 Å². The van der Waals surface area contributed by atoms with Gasteiger partial charge in [-0.25, -0.2) is 4.79 Å². The highest BCUT2D eigenvalue weighted by Gasteiger charge is 2.14. The number of aromatic nitrogens is 2. The molecule has 1 aromatic carbocycles. The maximum atomic E-state index is 11.1. The van der Waals surface area contributed by atoms with Gasteiger partial charge in [0.1, 0.15) is 17.1 Å². The summed E-state index contributed by atoms with van der Waals surface area (Å²) in [5.41, 5.74) is 0.0455. The molecule has 21 heavy (non-hydrogen) atoms. The number of methoxy groups -OCH3 is 1. The van der Waals surface area contributed by atoms with Gasteiger partial charge in [0.15, 0.2) is 12.4 Å². The molecule has 7 nitrogen and oxygen atoms in total. The van der Waals surface area contributed by atoms with Crippen LogP contribution in [0.1, 0.15) is 35.4 Å². The lowest BCUT2D eigenvalue weighted by Gasteiger charge is -2.08. The molecule has 0 fully saturated rings. The van der Waals surface area contributed by atoms with E-state index in [0.29, 0.717) is 17.5 Å². The molecular formula is C14H16N2O5. The summed E-state index contributed by atoms with van der Waals surface area (Å²) in [5, 5.41) is 12.9. The highest BCUT2D eigenvalue weighted by molar-refractivity contribution is 5.91. The van der Waals surface area contributed by atoms with Crippen LogP contribution in [0.4, 0.5) is 0 Å². The molecular weight excluding hydrogens is 276 g/mol. The number of benzene rings is 1. The minimum Gasteiger partial charge on any atom is -0.497 e. The van der Waals surface area contributed by atoms with Gasteiger partial charge in [0.05, 0.1) is 7.11 Å². The Kier molecular flexibility index (Phi) is 4.76. The first-order chi connectivity index (χ1) is 10.1. The summed E-state index contributed by atoms with van der Waals surface area (Å²) in [6.07, 6.45) is 1.64. The molecule has 0 bridgehead atoms. The van der Waals surface area contributed by atoms with E-state index in [9.17, 15) is 4.79 Å². The van der Waals surface area contributed by atoms with Crippen molar-refractivity contribution in [2.45, 2.75) is 26.4 Å². The minimum atomic E-state index is -1.08. The Balaban J connectivity index is 2.12. The third-order valence-electron chi connectivity index (χ3n) is 2.75. The Bertz CT molecular complexity index is 624. The number of ether oxygens (including phenoxy) is 2. The number of nitrogens with zero attached hydrogens (tertiary/aromatic N) is 2. The number of carboxylic acids is 1. The number of hydrogen-bond donors (Lipinski definition) is 1. The summed E-state index contributed by atoms with van der Waals surface area (Å²) in [7, 11) is 1.49. The van der Waals surface area contributed by atoms with Gasteiger partial charge in [-0.1, -0.05) is 12.1 Å². The van der Waals surface area contributed by atoms with Gasteiger partial charge >= 0.3 is 5.97 Å². The van der Waals surface area contributed by atoms with Crippen molar-refractivity contribution in [3.05, 3.63) is 35.5 Å². The van der Waals surface area contributed by atoms with Crippen molar-refractivity contribution < 1.29 is 23.9 Å². The van der Waals surface area contributed by atoms with E-state index in [1.54, 1.807) is 6.07 Å². The highest BCUT2D eigenvalue weighted by Crippen LogP contribution is 2.25. The van der Waals surface area contributed by atoms with Crippen molar-refractivity contribution in [3.8, 4) is 11.5 Å². The van der Waals surface area contributed by atoms with Crippen LogP contribution in [0, 0.1) is 0 Å². The molecule has 0 aliphatic heterocycles. The van der Waals surface area contributed by atoms with E-state index >= 15 is 0 Å². The first-order valence-electron chi connectivity index (χ1n) is 6.49. The summed E-state index contributed by atoms with van der Waals surface area (Å²) in [6.45, 7) is 2.02. The third-order valence-corrected chi connectivity index (χ3v) is 2.75. The van der Waals surface area contributed by atoms with Gasteiger partial charge in [-0.05, 0) is 18.6 Å². The fraction of sp³-hybridized carbons (Fsp3) is 0.357. The van der Waals surface area contributed by atoms with Crippen LogP contribution >= 0.6 is 0 Å². The fourth-order valence-corrected chi connectivity index (χ4v) is 1.74. The Morgan fingerprint density at radius 3 is 2.90 bits per heavy atom. The summed E-state index contributed by atoms with van der Waals surface area (Å²) in [6, 6.07) is 4.49. The van der Waals surface area contributed by atoms with E-state index in [1.165, 1.54) is 19.2 Å². The van der Waals surface area contributed by atoms with Crippen molar-refractivity contribution >= 4 is 5.97 Å². The average molecular weight is 292 g/mol. The van der Waals surface area contributed by atoms with Gasteiger partial charge in [-0.15, -0.1) is 0 Å². The standard InChI is InChI=1S/C14H16N2O5/c1-3-4-12-15-13(21-16-12)8-20-11-7-9(19-2)5-6-10(11)14(17)18/h5-7H,3-4,8H2,1-2H3,(H,17,18). The lowest BCUT2D eigenvalue weighted by molar-refractivity contribution is 0.0691. The van der Waals surface area contributed by atoms with Crippen LogP contribution in [-0.2, 0) is 13.0 Å². The van der Waals surface area contributed by atoms with Gasteiger partial charge in [0, 0.05) is 12.5 Å². The molecule has 0 saturated carbocycles. The lowest BCUT2D eigenvalue weighted by Crippen LogP contribution is -2.04. The largest absolute Gasteiger partial charge is 0.497 e. The molecule has 7 heteroatoms. The molecule has 0 saturated heterocycles. The van der Waals surface area contributed by atoms with Crippen LogP contribution in [-0.4, -0.2) is 28.3 Å². The van der Waals surface area contributed by atoms with Crippen molar-refractivity contribution in [2.24, 2.45) is 0 Å². The predicted molar refractivity (Wildman–Crippen MR) is 72.6 cm³/mol. The zero-order chi connectivity index (χ0) is 15.2. The average Bonchev–Trinajstić information content (AvgIpc) is 2.92. The van der Waals surface area contributed by atoms with Crippen molar-refractivity contribution in [2.75, 3.05) is 7.11 Å². The molecule has 2 rings (SSSR count). The molecule has 0 spiro atoms. The zero-order valence-corrected chi connectivity index (χ0v) is 11.8. The molecule has 1 aromatic heterocycles. The molecule has 0 unspecified atom stereocenters. The minimum absolute atomic E-state index is 0.00413. The van der Waals surface area contributed by atoms with Gasteiger partial charge in [-0.3, -0.25) is 0 Å². The zero-order valence-electron chi connectivity index (χ0n) is 11.8. The monoisotopic (exact) mass is 292 g/mol. The molecule has 0 amide bonds. The van der Waals surface area contributed by atoms with E-state index < -0.39 is 5.97 Å². The maximum Gasteiger partial charge on any atom is 0.339 e. The molecule has 2 aromatic rings. The Hall–Kier alpha value is -2.57. The van der Waals surface area contributed by atoms with Crippen molar-refractivity contribution in [1.82, 2.24) is 10.1 Å². The lowest BCUT2D eigenvalue weighted by atomic mass is 10.2. The van der Waals surface area contributed by atoms with Crippen LogP contribution in [0.5, 0.6) is 11.5 Å². The summed E-state index contributed by atoms with van der Waals surface area (Å²) in [5.74, 6) is 0.534. The number of aryl methyl sites for hydroxylation is 1. The molecule has 112 valence electrons. The van der Waals surface area contributed by atoms with Crippen LogP contribution in [0.3, 0.4) is 0 Å². The third kappa shape index (κ3) is 3.71. The second-order valence-corrected chi connectivity index (χ2v) is 4.31.